The summed E-state index contributed by atoms with van der Waals surface area (Å²) in [6.07, 6.45) is 1.10. The Hall–Kier alpha value is -3.06. The van der Waals surface area contributed by atoms with Gasteiger partial charge in [0.15, 0.2) is 5.78 Å². The number of hydrogen-bond donors (Lipinski definition) is 1. The molecular formula is C27H31NO5S. The Labute approximate surface area is 204 Å². The largest absolute Gasteiger partial charge is 0.497 e. The average molecular weight is 482 g/mol. The average Bonchev–Trinajstić information content (AvgIpc) is 3.36. The van der Waals surface area contributed by atoms with Gasteiger partial charge in [-0.1, -0.05) is 19.9 Å². The summed E-state index contributed by atoms with van der Waals surface area (Å²) >= 11 is 1.67. The van der Waals surface area contributed by atoms with Crippen LogP contribution in [0.3, 0.4) is 0 Å². The molecule has 2 aromatic rings. The number of ether oxygens (including phenoxy) is 3. The van der Waals surface area contributed by atoms with Crippen molar-refractivity contribution in [1.29, 1.82) is 0 Å². The van der Waals surface area contributed by atoms with Gasteiger partial charge in [-0.25, -0.2) is 4.79 Å². The lowest BCUT2D eigenvalue weighted by molar-refractivity contribution is -0.140. The minimum Gasteiger partial charge on any atom is -0.497 e. The molecule has 0 amide bonds. The monoisotopic (exact) mass is 481 g/mol. The van der Waals surface area contributed by atoms with Crippen LogP contribution in [0.2, 0.25) is 0 Å². The SMILES string of the molecule is COc1ccc(OC)c([C@H]2C(C(=O)OCC(C)C)=C(C)NC3=C2C(=O)C[C@@H](c2cccs2)C3)c1. The summed E-state index contributed by atoms with van der Waals surface area (Å²) in [6, 6.07) is 9.56. The van der Waals surface area contributed by atoms with Crippen LogP contribution in [0.1, 0.15) is 55.9 Å². The maximum atomic E-state index is 13.7. The van der Waals surface area contributed by atoms with E-state index >= 15 is 0 Å². The standard InChI is InChI=1S/C27H31NO5S/c1-15(2)14-33-27(30)24-16(3)28-20-11-17(23-7-6-10-34-23)12-21(29)26(20)25(24)19-13-18(31-4)8-9-22(19)32-5/h6-10,13,15,17,25,28H,11-12,14H2,1-5H3/t17-,25-/m0/s1. The summed E-state index contributed by atoms with van der Waals surface area (Å²) in [6.45, 7) is 6.16. The molecule has 4 rings (SSSR count). The van der Waals surface area contributed by atoms with Gasteiger partial charge in [-0.15, -0.1) is 11.3 Å². The van der Waals surface area contributed by atoms with Gasteiger partial charge in [-0.3, -0.25) is 4.79 Å². The summed E-state index contributed by atoms with van der Waals surface area (Å²) in [5.74, 6) is 0.547. The highest BCUT2D eigenvalue weighted by Gasteiger charge is 2.42. The summed E-state index contributed by atoms with van der Waals surface area (Å²) in [5, 5.41) is 5.43. The molecule has 0 spiro atoms. The van der Waals surface area contributed by atoms with Crippen LogP contribution in [0, 0.1) is 5.92 Å². The van der Waals surface area contributed by atoms with Gasteiger partial charge >= 0.3 is 5.97 Å². The topological polar surface area (TPSA) is 73.9 Å². The third kappa shape index (κ3) is 4.62. The first-order valence-corrected chi connectivity index (χ1v) is 12.4. The Morgan fingerprint density at radius 2 is 1.97 bits per heavy atom. The van der Waals surface area contributed by atoms with E-state index in [0.717, 1.165) is 11.3 Å². The zero-order valence-electron chi connectivity index (χ0n) is 20.3. The molecule has 2 atom stereocenters. The third-order valence-electron chi connectivity index (χ3n) is 6.29. The molecule has 0 unspecified atom stereocenters. The van der Waals surface area contributed by atoms with E-state index in [1.165, 1.54) is 4.88 Å². The zero-order valence-corrected chi connectivity index (χ0v) is 21.1. The first-order chi connectivity index (χ1) is 16.3. The predicted molar refractivity (Wildman–Crippen MR) is 132 cm³/mol. The van der Waals surface area contributed by atoms with Crippen LogP contribution in [0.4, 0.5) is 0 Å². The molecule has 7 heteroatoms. The number of benzene rings is 1. The number of carbonyl (C=O) groups excluding carboxylic acids is 2. The molecule has 0 radical (unpaired) electrons. The lowest BCUT2D eigenvalue weighted by atomic mass is 9.72. The lowest BCUT2D eigenvalue weighted by Gasteiger charge is -2.37. The second-order valence-corrected chi connectivity index (χ2v) is 10.1. The minimum absolute atomic E-state index is 0.0312. The second kappa shape index (κ2) is 10.1. The van der Waals surface area contributed by atoms with Crippen molar-refractivity contribution in [2.24, 2.45) is 5.92 Å². The van der Waals surface area contributed by atoms with E-state index in [9.17, 15) is 9.59 Å². The highest BCUT2D eigenvalue weighted by molar-refractivity contribution is 7.10. The number of hydrogen-bond acceptors (Lipinski definition) is 7. The highest BCUT2D eigenvalue weighted by atomic mass is 32.1. The van der Waals surface area contributed by atoms with Crippen LogP contribution in [0.5, 0.6) is 11.5 Å². The molecular weight excluding hydrogens is 450 g/mol. The molecule has 34 heavy (non-hydrogen) atoms. The number of carbonyl (C=O) groups is 2. The fourth-order valence-electron chi connectivity index (χ4n) is 4.73. The number of allylic oxidation sites excluding steroid dienone is 3. The fraction of sp³-hybridized carbons (Fsp3) is 0.407. The molecule has 6 nitrogen and oxygen atoms in total. The quantitative estimate of drug-likeness (QED) is 0.539. The number of dihydropyridines is 1. The van der Waals surface area contributed by atoms with Crippen LogP contribution in [0.15, 0.2) is 58.3 Å². The Morgan fingerprint density at radius 1 is 1.18 bits per heavy atom. The Kier molecular flexibility index (Phi) is 7.12. The molecule has 1 aromatic heterocycles. The zero-order chi connectivity index (χ0) is 24.4. The van der Waals surface area contributed by atoms with Crippen molar-refractivity contribution >= 4 is 23.1 Å². The van der Waals surface area contributed by atoms with Crippen LogP contribution < -0.4 is 14.8 Å². The van der Waals surface area contributed by atoms with Crippen LogP contribution in [0.25, 0.3) is 0 Å². The van der Waals surface area contributed by atoms with E-state index in [1.807, 2.05) is 50.4 Å². The molecule has 180 valence electrons. The minimum atomic E-state index is -0.599. The van der Waals surface area contributed by atoms with Crippen LogP contribution >= 0.6 is 11.3 Å². The Morgan fingerprint density at radius 3 is 2.62 bits per heavy atom. The van der Waals surface area contributed by atoms with Gasteiger partial charge in [0.05, 0.1) is 32.3 Å². The molecule has 2 aliphatic rings. The van der Waals surface area contributed by atoms with Crippen LogP contribution in [-0.4, -0.2) is 32.6 Å². The number of nitrogens with one attached hydrogen (secondary N) is 1. The van der Waals surface area contributed by atoms with Crippen LogP contribution in [-0.2, 0) is 14.3 Å². The molecule has 0 bridgehead atoms. The number of ketones is 1. The predicted octanol–water partition coefficient (Wildman–Crippen LogP) is 5.33. The number of rotatable bonds is 7. The molecule has 0 saturated heterocycles. The maximum Gasteiger partial charge on any atom is 0.336 e. The van der Waals surface area contributed by atoms with Crippen molar-refractivity contribution in [1.82, 2.24) is 5.32 Å². The number of thiophene rings is 1. The fourth-order valence-corrected chi connectivity index (χ4v) is 5.56. The first-order valence-electron chi connectivity index (χ1n) is 11.5. The molecule has 1 aliphatic heterocycles. The van der Waals surface area contributed by atoms with Gasteiger partial charge in [0.1, 0.15) is 11.5 Å². The van der Waals surface area contributed by atoms with Crippen molar-refractivity contribution in [3.63, 3.8) is 0 Å². The van der Waals surface area contributed by atoms with E-state index < -0.39 is 11.9 Å². The summed E-state index contributed by atoms with van der Waals surface area (Å²) < 4.78 is 16.8. The van der Waals surface area contributed by atoms with Gasteiger partial charge in [-0.05, 0) is 48.9 Å². The number of Topliss-reactive ketones (excluding diaryl/α,β-unsaturated/α-hetero) is 1. The highest BCUT2D eigenvalue weighted by Crippen LogP contribution is 2.48. The van der Waals surface area contributed by atoms with E-state index in [2.05, 4.69) is 11.4 Å². The summed E-state index contributed by atoms with van der Waals surface area (Å²) in [4.78, 5) is 28.2. The van der Waals surface area contributed by atoms with E-state index in [0.29, 0.717) is 47.8 Å². The normalized spacial score (nSPS) is 20.2. The molecule has 0 saturated carbocycles. The third-order valence-corrected chi connectivity index (χ3v) is 7.32. The molecule has 1 aliphatic carbocycles. The van der Waals surface area contributed by atoms with Gasteiger partial charge in [0.2, 0.25) is 0 Å². The lowest BCUT2D eigenvalue weighted by Crippen LogP contribution is -2.36. The Balaban J connectivity index is 1.85. The van der Waals surface area contributed by atoms with Gasteiger partial charge in [-0.2, -0.15) is 0 Å². The van der Waals surface area contributed by atoms with Crippen molar-refractivity contribution < 1.29 is 23.8 Å². The summed E-state index contributed by atoms with van der Waals surface area (Å²) in [5.41, 5.74) is 3.33. The van der Waals surface area contributed by atoms with Crippen molar-refractivity contribution in [3.05, 3.63) is 68.7 Å². The molecule has 0 fully saturated rings. The van der Waals surface area contributed by atoms with E-state index in [1.54, 1.807) is 25.6 Å². The second-order valence-electron chi connectivity index (χ2n) is 9.13. The van der Waals surface area contributed by atoms with Crippen molar-refractivity contribution in [2.45, 2.75) is 45.4 Å². The maximum absolute atomic E-state index is 13.7. The van der Waals surface area contributed by atoms with E-state index in [-0.39, 0.29) is 17.6 Å². The molecule has 1 N–H and O–H groups in total. The molecule has 2 heterocycles. The number of esters is 1. The van der Waals surface area contributed by atoms with Gasteiger partial charge in [0, 0.05) is 39.7 Å². The van der Waals surface area contributed by atoms with Crippen molar-refractivity contribution in [2.75, 3.05) is 20.8 Å². The summed E-state index contributed by atoms with van der Waals surface area (Å²) in [7, 11) is 3.18. The van der Waals surface area contributed by atoms with Gasteiger partial charge in [0.25, 0.3) is 0 Å². The Bertz CT molecular complexity index is 1150. The first kappa shape index (κ1) is 24.1. The van der Waals surface area contributed by atoms with Crippen molar-refractivity contribution in [3.8, 4) is 11.5 Å². The number of methoxy groups -OCH3 is 2. The smallest absolute Gasteiger partial charge is 0.336 e. The molecule has 1 aromatic carbocycles. The van der Waals surface area contributed by atoms with E-state index in [4.69, 9.17) is 14.2 Å². The van der Waals surface area contributed by atoms with Gasteiger partial charge < -0.3 is 19.5 Å².